The van der Waals surface area contributed by atoms with Crippen LogP contribution in [-0.4, -0.2) is 39.5 Å². The summed E-state index contributed by atoms with van der Waals surface area (Å²) in [5, 5.41) is 15.0. The molecule has 2 fully saturated rings. The lowest BCUT2D eigenvalue weighted by atomic mass is 9.69. The molecule has 1 aliphatic carbocycles. The molecule has 7 heteroatoms. The van der Waals surface area contributed by atoms with Crippen LogP contribution in [0.4, 0.5) is 0 Å². The first kappa shape index (κ1) is 13.9. The van der Waals surface area contributed by atoms with Crippen molar-refractivity contribution in [3.05, 3.63) is 40.6 Å². The fraction of sp³-hybridized carbons (Fsp3) is 0.400. The molecule has 2 atom stereocenters. The first-order valence-corrected chi connectivity index (χ1v) is 8.17. The molecule has 4 rings (SSSR count). The van der Waals surface area contributed by atoms with Gasteiger partial charge in [0.1, 0.15) is 0 Å². The number of fused-ring (bicyclic) bond motifs is 1. The fourth-order valence-corrected chi connectivity index (χ4v) is 3.53. The highest BCUT2D eigenvalue weighted by atomic mass is 79.9. The second-order valence-electron chi connectivity index (χ2n) is 5.97. The summed E-state index contributed by atoms with van der Waals surface area (Å²) in [7, 11) is 0. The molecule has 2 aromatic rings. The number of carbonyl (C=O) groups excluding carboxylic acids is 1. The van der Waals surface area contributed by atoms with Crippen molar-refractivity contribution in [1.29, 1.82) is 0 Å². The summed E-state index contributed by atoms with van der Waals surface area (Å²) in [6, 6.07) is 7.63. The summed E-state index contributed by atoms with van der Waals surface area (Å²) >= 11 is 3.39. The highest BCUT2D eigenvalue weighted by Gasteiger charge is 2.51. The number of carbonyl (C=O) groups is 1. The van der Waals surface area contributed by atoms with Gasteiger partial charge in [-0.25, -0.2) is 0 Å². The lowest BCUT2D eigenvalue weighted by molar-refractivity contribution is 0.0759. The number of aromatic nitrogens is 3. The Hall–Kier alpha value is -1.73. The van der Waals surface area contributed by atoms with E-state index in [1.807, 2.05) is 24.3 Å². The summed E-state index contributed by atoms with van der Waals surface area (Å²) in [5.74, 6) is 0.412. The van der Waals surface area contributed by atoms with Gasteiger partial charge < -0.3 is 10.6 Å². The van der Waals surface area contributed by atoms with Crippen LogP contribution in [0.5, 0.6) is 0 Å². The SMILES string of the molecule is O=C(N[C@]12CC[C@H]1CNC2)c1cnn(-c2ccc(Br)cc2)n1. The largest absolute Gasteiger partial charge is 0.344 e. The number of hydrogen-bond donors (Lipinski definition) is 2. The maximum absolute atomic E-state index is 12.4. The number of nitrogens with zero attached hydrogens (tertiary/aromatic N) is 3. The third-order valence-electron chi connectivity index (χ3n) is 4.70. The zero-order chi connectivity index (χ0) is 15.2. The summed E-state index contributed by atoms with van der Waals surface area (Å²) in [5.41, 5.74) is 1.11. The minimum absolute atomic E-state index is 0.0710. The molecule has 1 aliphatic heterocycles. The minimum Gasteiger partial charge on any atom is -0.344 e. The van der Waals surface area contributed by atoms with Crippen molar-refractivity contribution in [2.45, 2.75) is 18.4 Å². The van der Waals surface area contributed by atoms with Crippen LogP contribution < -0.4 is 10.6 Å². The first-order chi connectivity index (χ1) is 10.7. The second kappa shape index (κ2) is 5.17. The predicted octanol–water partition coefficient (Wildman–Crippen LogP) is 1.51. The average molecular weight is 362 g/mol. The van der Waals surface area contributed by atoms with E-state index in [-0.39, 0.29) is 11.4 Å². The number of hydrogen-bond acceptors (Lipinski definition) is 4. The number of amides is 1. The first-order valence-electron chi connectivity index (χ1n) is 7.38. The smallest absolute Gasteiger partial charge is 0.273 e. The van der Waals surface area contributed by atoms with Gasteiger partial charge in [-0.2, -0.15) is 9.90 Å². The van der Waals surface area contributed by atoms with Crippen LogP contribution in [0.25, 0.3) is 5.69 Å². The minimum atomic E-state index is -0.142. The molecule has 0 unspecified atom stereocenters. The van der Waals surface area contributed by atoms with Gasteiger partial charge in [0.25, 0.3) is 5.91 Å². The van der Waals surface area contributed by atoms with E-state index < -0.39 is 0 Å². The standard InChI is InChI=1S/C15H16BrN5O/c16-11-1-3-12(4-2-11)21-18-8-13(20-21)14(22)19-15-6-5-10(15)7-17-9-15/h1-4,8,10,17H,5-7,9H2,(H,19,22)/t10-,15-/m0/s1. The van der Waals surface area contributed by atoms with Crippen molar-refractivity contribution in [2.75, 3.05) is 13.1 Å². The highest BCUT2D eigenvalue weighted by molar-refractivity contribution is 9.10. The highest BCUT2D eigenvalue weighted by Crippen LogP contribution is 2.41. The summed E-state index contributed by atoms with van der Waals surface area (Å²) in [6.07, 6.45) is 3.74. The van der Waals surface area contributed by atoms with Gasteiger partial charge in [0.2, 0.25) is 0 Å². The van der Waals surface area contributed by atoms with Gasteiger partial charge in [-0.1, -0.05) is 15.9 Å². The zero-order valence-electron chi connectivity index (χ0n) is 11.9. The van der Waals surface area contributed by atoms with Crippen molar-refractivity contribution in [2.24, 2.45) is 5.92 Å². The molecule has 2 N–H and O–H groups in total. The Labute approximate surface area is 136 Å². The van der Waals surface area contributed by atoms with Crippen molar-refractivity contribution in [3.8, 4) is 5.69 Å². The molecule has 114 valence electrons. The summed E-state index contributed by atoms with van der Waals surface area (Å²) in [6.45, 7) is 1.84. The van der Waals surface area contributed by atoms with Crippen LogP contribution >= 0.6 is 15.9 Å². The fourth-order valence-electron chi connectivity index (χ4n) is 3.26. The number of halogens is 1. The quantitative estimate of drug-likeness (QED) is 0.869. The lowest BCUT2D eigenvalue weighted by Crippen LogP contribution is -2.60. The van der Waals surface area contributed by atoms with Crippen molar-refractivity contribution in [3.63, 3.8) is 0 Å². The normalized spacial score (nSPS) is 26.3. The van der Waals surface area contributed by atoms with E-state index in [9.17, 15) is 4.79 Å². The van der Waals surface area contributed by atoms with Gasteiger partial charge in [0.05, 0.1) is 17.4 Å². The Bertz CT molecular complexity index is 713. The van der Waals surface area contributed by atoms with Gasteiger partial charge in [-0.15, -0.1) is 5.10 Å². The molecule has 0 bridgehead atoms. The monoisotopic (exact) mass is 361 g/mol. The zero-order valence-corrected chi connectivity index (χ0v) is 13.5. The van der Waals surface area contributed by atoms with Crippen LogP contribution in [0.1, 0.15) is 23.3 Å². The summed E-state index contributed by atoms with van der Waals surface area (Å²) < 4.78 is 0.991. The molecule has 22 heavy (non-hydrogen) atoms. The topological polar surface area (TPSA) is 71.8 Å². The van der Waals surface area contributed by atoms with E-state index in [2.05, 4.69) is 36.8 Å². The van der Waals surface area contributed by atoms with Gasteiger partial charge in [-0.05, 0) is 43.0 Å². The molecule has 1 saturated carbocycles. The van der Waals surface area contributed by atoms with E-state index in [0.717, 1.165) is 29.7 Å². The molecule has 2 heterocycles. The second-order valence-corrected chi connectivity index (χ2v) is 6.89. The van der Waals surface area contributed by atoms with Gasteiger partial charge in [0.15, 0.2) is 5.69 Å². The maximum Gasteiger partial charge on any atom is 0.273 e. The molecule has 0 spiro atoms. The molecule has 0 radical (unpaired) electrons. The van der Waals surface area contributed by atoms with E-state index in [1.165, 1.54) is 17.4 Å². The van der Waals surface area contributed by atoms with Crippen LogP contribution in [0.2, 0.25) is 0 Å². The van der Waals surface area contributed by atoms with E-state index in [1.54, 1.807) is 0 Å². The Morgan fingerprint density at radius 3 is 2.91 bits per heavy atom. The van der Waals surface area contributed by atoms with E-state index in [0.29, 0.717) is 11.6 Å². The van der Waals surface area contributed by atoms with Crippen molar-refractivity contribution >= 4 is 21.8 Å². The van der Waals surface area contributed by atoms with Crippen LogP contribution in [0, 0.1) is 5.92 Å². The Balaban J connectivity index is 1.51. The molecule has 1 aromatic carbocycles. The molecule has 1 aromatic heterocycles. The Morgan fingerprint density at radius 1 is 1.41 bits per heavy atom. The van der Waals surface area contributed by atoms with Gasteiger partial charge >= 0.3 is 0 Å². The van der Waals surface area contributed by atoms with Crippen molar-refractivity contribution < 1.29 is 4.79 Å². The third kappa shape index (κ3) is 2.24. The molecular formula is C15H16BrN5O. The van der Waals surface area contributed by atoms with Crippen molar-refractivity contribution in [1.82, 2.24) is 25.6 Å². The number of rotatable bonds is 3. The number of benzene rings is 1. The molecular weight excluding hydrogens is 346 g/mol. The summed E-state index contributed by atoms with van der Waals surface area (Å²) in [4.78, 5) is 13.9. The van der Waals surface area contributed by atoms with Gasteiger partial charge in [-0.3, -0.25) is 4.79 Å². The Kier molecular flexibility index (Phi) is 3.27. The maximum atomic E-state index is 12.4. The third-order valence-corrected chi connectivity index (χ3v) is 5.22. The van der Waals surface area contributed by atoms with Crippen LogP contribution in [-0.2, 0) is 0 Å². The number of nitrogens with one attached hydrogen (secondary N) is 2. The van der Waals surface area contributed by atoms with E-state index in [4.69, 9.17) is 0 Å². The van der Waals surface area contributed by atoms with Gasteiger partial charge in [0, 0.05) is 17.6 Å². The van der Waals surface area contributed by atoms with Crippen LogP contribution in [0.3, 0.4) is 0 Å². The average Bonchev–Trinajstić information content (AvgIpc) is 3.08. The molecule has 1 amide bonds. The molecule has 1 saturated heterocycles. The molecule has 2 aliphatic rings. The molecule has 6 nitrogen and oxygen atoms in total. The Morgan fingerprint density at radius 2 is 2.23 bits per heavy atom. The van der Waals surface area contributed by atoms with E-state index >= 15 is 0 Å². The predicted molar refractivity (Wildman–Crippen MR) is 84.8 cm³/mol. The lowest BCUT2D eigenvalue weighted by Gasteiger charge is -2.44. The van der Waals surface area contributed by atoms with Crippen LogP contribution in [0.15, 0.2) is 34.9 Å².